The zero-order valence-electron chi connectivity index (χ0n) is 16.5. The van der Waals surface area contributed by atoms with Crippen LogP contribution in [0.3, 0.4) is 0 Å². The molecule has 0 fully saturated rings. The van der Waals surface area contributed by atoms with E-state index in [1.807, 2.05) is 61.3 Å². The number of nitrogens with zero attached hydrogens (tertiary/aromatic N) is 4. The minimum absolute atomic E-state index is 0.358. The van der Waals surface area contributed by atoms with Crippen LogP contribution in [0.25, 0.3) is 0 Å². The number of hydrogen-bond acceptors (Lipinski definition) is 4. The van der Waals surface area contributed by atoms with Crippen LogP contribution in [0.2, 0.25) is 0 Å². The first-order chi connectivity index (χ1) is 13.4. The molecule has 1 aromatic carbocycles. The maximum atomic E-state index is 12.1. The van der Waals surface area contributed by atoms with Gasteiger partial charge < -0.3 is 4.74 Å². The summed E-state index contributed by atoms with van der Waals surface area (Å²) in [5, 5.41) is 8.99. The molecule has 0 aliphatic carbocycles. The topological polar surface area (TPSA) is 61.9 Å². The van der Waals surface area contributed by atoms with E-state index in [1.165, 1.54) is 7.11 Å². The van der Waals surface area contributed by atoms with Crippen molar-refractivity contribution in [1.29, 1.82) is 0 Å². The van der Waals surface area contributed by atoms with Crippen LogP contribution in [0.1, 0.15) is 44.3 Å². The first kappa shape index (κ1) is 22.4. The fourth-order valence-corrected chi connectivity index (χ4v) is 3.09. The van der Waals surface area contributed by atoms with E-state index in [0.29, 0.717) is 18.7 Å². The predicted octanol–water partition coefficient (Wildman–Crippen LogP) is 3.68. The van der Waals surface area contributed by atoms with E-state index < -0.39 is 0 Å². The Labute approximate surface area is 180 Å². The molecule has 0 N–H and O–H groups in total. The molecule has 0 aliphatic heterocycles. The summed E-state index contributed by atoms with van der Waals surface area (Å²) < 4.78 is 8.73. The molecule has 152 valence electrons. The third-order valence-corrected chi connectivity index (χ3v) is 4.25. The molecule has 6 nitrogen and oxygen atoms in total. The van der Waals surface area contributed by atoms with Gasteiger partial charge in [0.2, 0.25) is 0 Å². The quantitative estimate of drug-likeness (QED) is 0.309. The summed E-state index contributed by atoms with van der Waals surface area (Å²) in [6, 6.07) is 11.1. The van der Waals surface area contributed by atoms with E-state index in [1.54, 1.807) is 0 Å². The van der Waals surface area contributed by atoms with Crippen molar-refractivity contribution in [2.24, 2.45) is 0 Å². The van der Waals surface area contributed by atoms with E-state index >= 15 is 0 Å². The molecule has 2 aromatic heterocycles. The van der Waals surface area contributed by atoms with Crippen molar-refractivity contribution in [1.82, 2.24) is 19.6 Å². The number of halogens is 1. The summed E-state index contributed by atoms with van der Waals surface area (Å²) in [4.78, 5) is 12.1. The second kappa shape index (κ2) is 10.0. The molecule has 0 unspecified atom stereocenters. The Kier molecular flexibility index (Phi) is 8.00. The Hall–Kier alpha value is -1.94. The summed E-state index contributed by atoms with van der Waals surface area (Å²) in [7, 11) is 5.88. The molecule has 0 amide bonds. The molecular formula is C20H23ClN4O2Pd. The van der Waals surface area contributed by atoms with Crippen molar-refractivity contribution < 1.29 is 27.7 Å². The van der Waals surface area contributed by atoms with Crippen molar-refractivity contribution in [2.45, 2.75) is 40.8 Å². The van der Waals surface area contributed by atoms with Crippen LogP contribution in [0.5, 0.6) is 0 Å². The molecule has 2 heterocycles. The molecular weight excluding hydrogens is 470 g/mol. The maximum absolute atomic E-state index is 12.1. The SMILES string of the molecule is COC(=O)c1cc(Cn2nc(C)cc2C)[c-]c(Cn2nc(C)cc2C)c1.[Cl][Pd+]. The summed E-state index contributed by atoms with van der Waals surface area (Å²) in [6.07, 6.45) is 0. The Morgan fingerprint density at radius 1 is 0.964 bits per heavy atom. The van der Waals surface area contributed by atoms with Gasteiger partial charge >= 0.3 is 33.7 Å². The Balaban J connectivity index is 0.00000136. The monoisotopic (exact) mass is 492 g/mol. The van der Waals surface area contributed by atoms with Gasteiger partial charge in [0.25, 0.3) is 0 Å². The Morgan fingerprint density at radius 2 is 1.39 bits per heavy atom. The van der Waals surface area contributed by atoms with Gasteiger partial charge in [0, 0.05) is 24.5 Å². The predicted molar refractivity (Wildman–Crippen MR) is 104 cm³/mol. The van der Waals surface area contributed by atoms with Gasteiger partial charge in [-0.25, -0.2) is 4.79 Å². The van der Waals surface area contributed by atoms with Crippen LogP contribution in [0, 0.1) is 33.8 Å². The number of ether oxygens (including phenoxy) is 1. The van der Waals surface area contributed by atoms with Gasteiger partial charge in [-0.05, 0) is 45.4 Å². The van der Waals surface area contributed by atoms with E-state index in [2.05, 4.69) is 44.0 Å². The molecule has 0 radical (unpaired) electrons. The number of carbonyl (C=O) groups is 1. The number of esters is 1. The zero-order valence-corrected chi connectivity index (χ0v) is 18.8. The van der Waals surface area contributed by atoms with Gasteiger partial charge in [0.15, 0.2) is 0 Å². The average Bonchev–Trinajstić information content (AvgIpc) is 3.15. The number of aromatic nitrogens is 4. The summed E-state index contributed by atoms with van der Waals surface area (Å²) in [5.41, 5.74) is 6.36. The van der Waals surface area contributed by atoms with Gasteiger partial charge in [0.05, 0.1) is 18.5 Å². The molecule has 0 spiro atoms. The second-order valence-corrected chi connectivity index (χ2v) is 6.58. The van der Waals surface area contributed by atoms with Crippen LogP contribution >= 0.6 is 9.53 Å². The van der Waals surface area contributed by atoms with Crippen molar-refractivity contribution >= 4 is 15.5 Å². The Bertz CT molecular complexity index is 899. The van der Waals surface area contributed by atoms with Gasteiger partial charge in [-0.15, -0.1) is 11.1 Å². The molecule has 0 bridgehead atoms. The third-order valence-electron chi connectivity index (χ3n) is 4.25. The molecule has 0 atom stereocenters. The van der Waals surface area contributed by atoms with Crippen LogP contribution in [-0.2, 0) is 36.0 Å². The normalized spacial score (nSPS) is 10.4. The van der Waals surface area contributed by atoms with E-state index in [-0.39, 0.29) is 5.97 Å². The van der Waals surface area contributed by atoms with E-state index in [0.717, 1.165) is 33.9 Å². The van der Waals surface area contributed by atoms with Gasteiger partial charge in [-0.3, -0.25) is 9.36 Å². The summed E-state index contributed by atoms with van der Waals surface area (Å²) in [5.74, 6) is -0.358. The second-order valence-electron chi connectivity index (χ2n) is 6.58. The molecule has 28 heavy (non-hydrogen) atoms. The third kappa shape index (κ3) is 5.54. The van der Waals surface area contributed by atoms with Gasteiger partial charge in [0.1, 0.15) is 0 Å². The number of aryl methyl sites for hydroxylation is 4. The number of methoxy groups -OCH3 is 1. The average molecular weight is 493 g/mol. The van der Waals surface area contributed by atoms with Crippen molar-refractivity contribution in [2.75, 3.05) is 7.11 Å². The van der Waals surface area contributed by atoms with Crippen LogP contribution in [-0.4, -0.2) is 32.6 Å². The molecule has 8 heteroatoms. The standard InChI is InChI=1S/C20H23N4O2.ClH.Pd/c1-13-6-15(3)23(21-13)11-17-8-18(10-19(9-17)20(25)26-5)12-24-16(4)7-14(2)22-24;;/h6-7,9-10H,11-12H2,1-5H3;1H;/q-1;;+2/p-1. The number of rotatable bonds is 5. The molecule has 3 aromatic rings. The minimum atomic E-state index is -0.358. The van der Waals surface area contributed by atoms with Crippen molar-refractivity contribution in [3.05, 3.63) is 69.8 Å². The van der Waals surface area contributed by atoms with E-state index in [4.69, 9.17) is 4.74 Å². The fourth-order valence-electron chi connectivity index (χ4n) is 3.09. The molecule has 0 aliphatic rings. The van der Waals surface area contributed by atoms with E-state index in [9.17, 15) is 4.79 Å². The van der Waals surface area contributed by atoms with Crippen LogP contribution in [0.4, 0.5) is 0 Å². The molecule has 0 saturated heterocycles. The Morgan fingerprint density at radius 3 is 1.71 bits per heavy atom. The van der Waals surface area contributed by atoms with Gasteiger partial charge in [-0.1, -0.05) is 0 Å². The summed E-state index contributed by atoms with van der Waals surface area (Å²) >= 11 is 2.22. The first-order valence-electron chi connectivity index (χ1n) is 8.63. The summed E-state index contributed by atoms with van der Waals surface area (Å²) in [6.45, 7) is 9.06. The van der Waals surface area contributed by atoms with Crippen LogP contribution < -0.4 is 0 Å². The fraction of sp³-hybridized carbons (Fsp3) is 0.350. The van der Waals surface area contributed by atoms with Gasteiger partial charge in [-0.2, -0.15) is 28.4 Å². The number of benzene rings is 1. The number of hydrogen-bond donors (Lipinski definition) is 0. The van der Waals surface area contributed by atoms with Crippen molar-refractivity contribution in [3.8, 4) is 0 Å². The molecule has 3 rings (SSSR count). The zero-order chi connectivity index (χ0) is 20.8. The number of carbonyl (C=O) groups excluding carboxylic acids is 1. The van der Waals surface area contributed by atoms with Crippen molar-refractivity contribution in [3.63, 3.8) is 0 Å². The van der Waals surface area contributed by atoms with Crippen LogP contribution in [0.15, 0.2) is 24.3 Å². The molecule has 0 saturated carbocycles. The first-order valence-corrected chi connectivity index (χ1v) is 10.6.